The van der Waals surface area contributed by atoms with Crippen LogP contribution < -0.4 is 15.6 Å². The molecule has 1 aliphatic carbocycles. The number of fused-ring (bicyclic) bond motifs is 1. The summed E-state index contributed by atoms with van der Waals surface area (Å²) in [5.41, 5.74) is 4.80. The standard InChI is InChI=1S/C26H31N3O2S/c1-4-31-23-11-9-21(10-12-23)27-26(32)29(22-7-5-6-8-22)16-20-15-19-14-17(2)13-18(3)24(19)28-25(20)30/h9-15,22H,4-8,16H2,1-3H3,(H,27,32)(H,28,30). The number of thiocarbonyl (C=S) groups is 1. The summed E-state index contributed by atoms with van der Waals surface area (Å²) in [5.74, 6) is 0.838. The molecule has 1 aliphatic rings. The molecule has 0 unspecified atom stereocenters. The first-order chi connectivity index (χ1) is 15.4. The van der Waals surface area contributed by atoms with Crippen molar-refractivity contribution in [1.29, 1.82) is 0 Å². The fourth-order valence-corrected chi connectivity index (χ4v) is 4.94. The summed E-state index contributed by atoms with van der Waals surface area (Å²) in [7, 11) is 0. The van der Waals surface area contributed by atoms with Crippen LogP contribution in [-0.2, 0) is 6.54 Å². The van der Waals surface area contributed by atoms with Crippen LogP contribution >= 0.6 is 12.2 Å². The van der Waals surface area contributed by atoms with Gasteiger partial charge in [-0.25, -0.2) is 0 Å². The molecule has 0 bridgehead atoms. The van der Waals surface area contributed by atoms with Crippen molar-refractivity contribution in [2.45, 2.75) is 59.0 Å². The smallest absolute Gasteiger partial charge is 0.253 e. The number of ether oxygens (including phenoxy) is 1. The molecule has 2 aromatic carbocycles. The van der Waals surface area contributed by atoms with Gasteiger partial charge in [0.2, 0.25) is 0 Å². The molecule has 2 N–H and O–H groups in total. The average Bonchev–Trinajstić information content (AvgIpc) is 3.29. The van der Waals surface area contributed by atoms with Gasteiger partial charge in [-0.1, -0.05) is 24.5 Å². The Balaban J connectivity index is 1.60. The van der Waals surface area contributed by atoms with Crippen molar-refractivity contribution in [1.82, 2.24) is 9.88 Å². The van der Waals surface area contributed by atoms with Crippen LogP contribution in [0.1, 0.15) is 49.3 Å². The van der Waals surface area contributed by atoms with E-state index in [9.17, 15) is 4.79 Å². The molecule has 0 amide bonds. The number of H-pyrrole nitrogens is 1. The number of benzene rings is 2. The van der Waals surface area contributed by atoms with Crippen molar-refractivity contribution < 1.29 is 4.74 Å². The molecule has 1 fully saturated rings. The Labute approximate surface area is 194 Å². The fourth-order valence-electron chi connectivity index (χ4n) is 4.61. The molecular formula is C26H31N3O2S. The van der Waals surface area contributed by atoms with Crippen molar-refractivity contribution >= 4 is 33.9 Å². The van der Waals surface area contributed by atoms with Gasteiger partial charge in [0.1, 0.15) is 5.75 Å². The summed E-state index contributed by atoms with van der Waals surface area (Å²) < 4.78 is 5.53. The number of nitrogens with one attached hydrogen (secondary N) is 2. The number of anilines is 1. The maximum absolute atomic E-state index is 12.9. The number of hydrogen-bond donors (Lipinski definition) is 2. The second-order valence-corrected chi connectivity index (χ2v) is 9.01. The van der Waals surface area contributed by atoms with Crippen LogP contribution in [0.3, 0.4) is 0 Å². The Morgan fingerprint density at radius 3 is 2.56 bits per heavy atom. The molecule has 1 saturated carbocycles. The van der Waals surface area contributed by atoms with Gasteiger partial charge in [-0.05, 0) is 93.2 Å². The molecule has 5 nitrogen and oxygen atoms in total. The van der Waals surface area contributed by atoms with E-state index in [2.05, 4.69) is 34.3 Å². The van der Waals surface area contributed by atoms with Crippen molar-refractivity contribution in [2.75, 3.05) is 11.9 Å². The number of pyridine rings is 1. The van der Waals surface area contributed by atoms with E-state index in [-0.39, 0.29) is 5.56 Å². The van der Waals surface area contributed by atoms with Gasteiger partial charge < -0.3 is 19.9 Å². The quantitative estimate of drug-likeness (QED) is 0.474. The van der Waals surface area contributed by atoms with Crippen molar-refractivity contribution in [2.24, 2.45) is 0 Å². The molecule has 4 rings (SSSR count). The number of aromatic nitrogens is 1. The lowest BCUT2D eigenvalue weighted by Crippen LogP contribution is -2.42. The van der Waals surface area contributed by atoms with E-state index in [1.54, 1.807) is 0 Å². The number of nitrogens with zero attached hydrogens (tertiary/aromatic N) is 1. The zero-order valence-corrected chi connectivity index (χ0v) is 19.8. The van der Waals surface area contributed by atoms with Crippen LogP contribution in [0.2, 0.25) is 0 Å². The molecule has 1 heterocycles. The molecule has 168 valence electrons. The minimum Gasteiger partial charge on any atom is -0.494 e. The summed E-state index contributed by atoms with van der Waals surface area (Å²) >= 11 is 5.83. The SMILES string of the molecule is CCOc1ccc(NC(=S)N(Cc2cc3cc(C)cc(C)c3[nH]c2=O)C2CCCC2)cc1. The number of aryl methyl sites for hydroxylation is 2. The first-order valence-electron chi connectivity index (χ1n) is 11.4. The fraction of sp³-hybridized carbons (Fsp3) is 0.385. The van der Waals surface area contributed by atoms with Gasteiger partial charge in [-0.2, -0.15) is 0 Å². The minimum absolute atomic E-state index is 0.0451. The highest BCUT2D eigenvalue weighted by Crippen LogP contribution is 2.27. The Kier molecular flexibility index (Phi) is 6.80. The Morgan fingerprint density at radius 2 is 1.88 bits per heavy atom. The van der Waals surface area contributed by atoms with Crippen molar-refractivity contribution in [3.63, 3.8) is 0 Å². The molecule has 0 atom stereocenters. The zero-order valence-electron chi connectivity index (χ0n) is 19.0. The third-order valence-electron chi connectivity index (χ3n) is 6.15. The molecule has 0 spiro atoms. The summed E-state index contributed by atoms with van der Waals surface area (Å²) in [5, 5.41) is 5.09. The van der Waals surface area contributed by atoms with Crippen LogP contribution in [0.15, 0.2) is 47.3 Å². The molecule has 32 heavy (non-hydrogen) atoms. The van der Waals surface area contributed by atoms with Crippen LogP contribution in [0.4, 0.5) is 5.69 Å². The predicted octanol–water partition coefficient (Wildman–Crippen LogP) is 5.69. The van der Waals surface area contributed by atoms with E-state index in [0.29, 0.717) is 24.3 Å². The minimum atomic E-state index is -0.0451. The number of rotatable bonds is 6. The number of hydrogen-bond acceptors (Lipinski definition) is 3. The van der Waals surface area contributed by atoms with Gasteiger partial charge in [0.05, 0.1) is 18.7 Å². The molecule has 0 radical (unpaired) electrons. The molecule has 0 aliphatic heterocycles. The maximum atomic E-state index is 12.9. The maximum Gasteiger partial charge on any atom is 0.253 e. The first-order valence-corrected chi connectivity index (χ1v) is 11.8. The van der Waals surface area contributed by atoms with E-state index in [1.807, 2.05) is 44.2 Å². The highest BCUT2D eigenvalue weighted by atomic mass is 32.1. The Hall–Kier alpha value is -2.86. The predicted molar refractivity (Wildman–Crippen MR) is 136 cm³/mol. The lowest BCUT2D eigenvalue weighted by Gasteiger charge is -2.31. The van der Waals surface area contributed by atoms with Gasteiger partial charge in [0.25, 0.3) is 5.56 Å². The third-order valence-corrected chi connectivity index (χ3v) is 6.49. The second-order valence-electron chi connectivity index (χ2n) is 8.62. The highest BCUT2D eigenvalue weighted by molar-refractivity contribution is 7.80. The van der Waals surface area contributed by atoms with Crippen molar-refractivity contribution in [3.8, 4) is 5.75 Å². The average molecular weight is 450 g/mol. The first kappa shape index (κ1) is 22.3. The monoisotopic (exact) mass is 449 g/mol. The lowest BCUT2D eigenvalue weighted by atomic mass is 10.0. The van der Waals surface area contributed by atoms with E-state index in [0.717, 1.165) is 46.3 Å². The van der Waals surface area contributed by atoms with E-state index in [1.165, 1.54) is 18.4 Å². The van der Waals surface area contributed by atoms with Crippen LogP contribution in [0.5, 0.6) is 5.75 Å². The van der Waals surface area contributed by atoms with Crippen LogP contribution in [0, 0.1) is 13.8 Å². The van der Waals surface area contributed by atoms with E-state index in [4.69, 9.17) is 17.0 Å². The van der Waals surface area contributed by atoms with Crippen LogP contribution in [0.25, 0.3) is 10.9 Å². The molecule has 3 aromatic rings. The molecule has 0 saturated heterocycles. The summed E-state index contributed by atoms with van der Waals surface area (Å²) in [6, 6.07) is 14.4. The topological polar surface area (TPSA) is 57.4 Å². The van der Waals surface area contributed by atoms with Crippen LogP contribution in [-0.4, -0.2) is 27.6 Å². The summed E-state index contributed by atoms with van der Waals surface area (Å²) in [4.78, 5) is 18.2. The van der Waals surface area contributed by atoms with Gasteiger partial charge >= 0.3 is 0 Å². The molecule has 1 aromatic heterocycles. The second kappa shape index (κ2) is 9.74. The highest BCUT2D eigenvalue weighted by Gasteiger charge is 2.26. The van der Waals surface area contributed by atoms with Gasteiger partial charge in [-0.15, -0.1) is 0 Å². The third kappa shape index (κ3) is 4.96. The number of aromatic amines is 1. The zero-order chi connectivity index (χ0) is 22.7. The summed E-state index contributed by atoms with van der Waals surface area (Å²) in [6.45, 7) is 7.22. The molecular weight excluding hydrogens is 418 g/mol. The van der Waals surface area contributed by atoms with Crippen molar-refractivity contribution in [3.05, 3.63) is 69.5 Å². The van der Waals surface area contributed by atoms with E-state index < -0.39 is 0 Å². The van der Waals surface area contributed by atoms with Gasteiger partial charge in [0, 0.05) is 17.3 Å². The summed E-state index contributed by atoms with van der Waals surface area (Å²) in [6.07, 6.45) is 4.57. The van der Waals surface area contributed by atoms with Gasteiger partial charge in [0.15, 0.2) is 5.11 Å². The Morgan fingerprint density at radius 1 is 1.16 bits per heavy atom. The normalized spacial score (nSPS) is 14.0. The Bertz CT molecular complexity index is 1160. The van der Waals surface area contributed by atoms with Gasteiger partial charge in [-0.3, -0.25) is 4.79 Å². The molecule has 6 heteroatoms. The largest absolute Gasteiger partial charge is 0.494 e. The lowest BCUT2D eigenvalue weighted by molar-refractivity contribution is 0.311. The van der Waals surface area contributed by atoms with E-state index >= 15 is 0 Å².